The molecular weight excluding hydrogens is 238 g/mol. The van der Waals surface area contributed by atoms with Crippen LogP contribution < -0.4 is 5.32 Å². The maximum Gasteiger partial charge on any atom is 0.322 e. The van der Waals surface area contributed by atoms with Crippen molar-refractivity contribution in [2.75, 3.05) is 5.32 Å². The Hall–Kier alpha value is -1.92. The molecule has 1 aromatic rings. The summed E-state index contributed by atoms with van der Waals surface area (Å²) in [5, 5.41) is 18.8. The molecule has 1 aliphatic rings. The number of carboxylic acids is 1. The molecule has 7 nitrogen and oxygen atoms in total. The van der Waals surface area contributed by atoms with E-state index in [-0.39, 0.29) is 12.4 Å². The number of rotatable bonds is 5. The predicted octanol–water partition coefficient (Wildman–Crippen LogP) is 1.39. The predicted molar refractivity (Wildman–Crippen MR) is 60.9 cm³/mol. The molecule has 1 aliphatic carbocycles. The van der Waals surface area contributed by atoms with Gasteiger partial charge in [-0.2, -0.15) is 0 Å². The summed E-state index contributed by atoms with van der Waals surface area (Å²) in [5.74, 6) is -0.628. The third kappa shape index (κ3) is 2.85. The summed E-state index contributed by atoms with van der Waals surface area (Å²) >= 11 is 0. The molecule has 0 aromatic carbocycles. The van der Waals surface area contributed by atoms with Gasteiger partial charge in [-0.05, 0) is 26.7 Å². The first-order chi connectivity index (χ1) is 8.38. The van der Waals surface area contributed by atoms with E-state index >= 15 is 0 Å². The van der Waals surface area contributed by atoms with Crippen molar-refractivity contribution in [2.24, 2.45) is 5.41 Å². The van der Waals surface area contributed by atoms with E-state index < -0.39 is 17.3 Å². The second-order valence-electron chi connectivity index (χ2n) is 5.13. The molecule has 18 heavy (non-hydrogen) atoms. The number of anilines is 1. The number of carbonyl (C=O) groups is 2. The molecule has 98 valence electrons. The minimum Gasteiger partial charge on any atom is -0.481 e. The Morgan fingerprint density at radius 2 is 2.11 bits per heavy atom. The summed E-state index contributed by atoms with van der Waals surface area (Å²) < 4.78 is 5.25. The molecule has 1 heterocycles. The quantitative estimate of drug-likeness (QED) is 0.821. The first-order valence-corrected chi connectivity index (χ1v) is 5.75. The van der Waals surface area contributed by atoms with Gasteiger partial charge >= 0.3 is 12.0 Å². The fourth-order valence-corrected chi connectivity index (χ4v) is 1.42. The summed E-state index contributed by atoms with van der Waals surface area (Å²) in [6, 6.07) is 0.0306. The number of aliphatic carboxylic acids is 1. The number of carboxylic acid groups (broad SMARTS) is 1. The largest absolute Gasteiger partial charge is 0.481 e. The molecule has 1 saturated carbocycles. The molecule has 0 saturated heterocycles. The molecule has 1 aromatic heterocycles. The standard InChI is InChI=1S/C11H15N3O4/c1-11(2,9(16)17)5-7(15)12-10-14-13-8(18-10)6-3-4-6/h6H,3-5H2,1-2H3,(H,16,17)(H,12,14,15). The molecule has 2 rings (SSSR count). The molecule has 0 atom stereocenters. The minimum atomic E-state index is -1.12. The van der Waals surface area contributed by atoms with Gasteiger partial charge in [0.05, 0.1) is 5.41 Å². The fourth-order valence-electron chi connectivity index (χ4n) is 1.42. The maximum atomic E-state index is 11.6. The zero-order chi connectivity index (χ0) is 13.3. The molecule has 0 spiro atoms. The highest BCUT2D eigenvalue weighted by atomic mass is 16.4. The van der Waals surface area contributed by atoms with Crippen molar-refractivity contribution in [2.45, 2.75) is 39.0 Å². The Kier molecular flexibility index (Phi) is 3.06. The zero-order valence-corrected chi connectivity index (χ0v) is 10.3. The van der Waals surface area contributed by atoms with E-state index in [1.807, 2.05) is 0 Å². The van der Waals surface area contributed by atoms with Crippen LogP contribution in [-0.4, -0.2) is 27.2 Å². The number of hydrogen-bond acceptors (Lipinski definition) is 5. The second kappa shape index (κ2) is 4.40. The lowest BCUT2D eigenvalue weighted by molar-refractivity contribution is -0.149. The lowest BCUT2D eigenvalue weighted by atomic mass is 9.89. The zero-order valence-electron chi connectivity index (χ0n) is 10.3. The Morgan fingerprint density at radius 1 is 1.44 bits per heavy atom. The van der Waals surface area contributed by atoms with E-state index in [1.165, 1.54) is 13.8 Å². The maximum absolute atomic E-state index is 11.6. The SMILES string of the molecule is CC(C)(CC(=O)Nc1nnc(C2CC2)o1)C(=O)O. The van der Waals surface area contributed by atoms with Crippen LogP contribution in [0.3, 0.4) is 0 Å². The van der Waals surface area contributed by atoms with Gasteiger partial charge in [-0.1, -0.05) is 5.10 Å². The number of hydrogen-bond donors (Lipinski definition) is 2. The first kappa shape index (κ1) is 12.5. The Balaban J connectivity index is 1.92. The summed E-state index contributed by atoms with van der Waals surface area (Å²) in [4.78, 5) is 22.5. The minimum absolute atomic E-state index is 0.0306. The molecule has 0 radical (unpaired) electrons. The van der Waals surface area contributed by atoms with Crippen molar-refractivity contribution in [3.8, 4) is 0 Å². The van der Waals surface area contributed by atoms with Gasteiger partial charge in [-0.25, -0.2) is 0 Å². The molecule has 1 fully saturated rings. The topological polar surface area (TPSA) is 105 Å². The Morgan fingerprint density at radius 3 is 2.67 bits per heavy atom. The molecule has 0 bridgehead atoms. The monoisotopic (exact) mass is 253 g/mol. The Bertz CT molecular complexity index is 476. The van der Waals surface area contributed by atoms with Gasteiger partial charge in [0, 0.05) is 12.3 Å². The second-order valence-corrected chi connectivity index (χ2v) is 5.13. The lowest BCUT2D eigenvalue weighted by Crippen LogP contribution is -2.29. The first-order valence-electron chi connectivity index (χ1n) is 5.75. The Labute approximate surface area is 104 Å². The van der Waals surface area contributed by atoms with Gasteiger partial charge in [0.25, 0.3) is 0 Å². The fraction of sp³-hybridized carbons (Fsp3) is 0.636. The van der Waals surface area contributed by atoms with Crippen molar-refractivity contribution >= 4 is 17.9 Å². The highest BCUT2D eigenvalue weighted by Gasteiger charge is 2.32. The van der Waals surface area contributed by atoms with Crippen molar-refractivity contribution in [3.05, 3.63) is 5.89 Å². The third-order valence-electron chi connectivity index (χ3n) is 2.80. The van der Waals surface area contributed by atoms with E-state index in [2.05, 4.69) is 15.5 Å². The van der Waals surface area contributed by atoms with Crippen LogP contribution in [0.1, 0.15) is 44.9 Å². The molecule has 0 aliphatic heterocycles. The third-order valence-corrected chi connectivity index (χ3v) is 2.80. The van der Waals surface area contributed by atoms with Crippen molar-refractivity contribution < 1.29 is 19.1 Å². The van der Waals surface area contributed by atoms with Gasteiger partial charge in [-0.3, -0.25) is 14.9 Å². The van der Waals surface area contributed by atoms with Crippen LogP contribution in [-0.2, 0) is 9.59 Å². The molecule has 1 amide bonds. The van der Waals surface area contributed by atoms with E-state index in [4.69, 9.17) is 9.52 Å². The van der Waals surface area contributed by atoms with Crippen LogP contribution in [0.4, 0.5) is 6.01 Å². The number of nitrogens with one attached hydrogen (secondary N) is 1. The molecule has 0 unspecified atom stereocenters. The lowest BCUT2D eigenvalue weighted by Gasteiger charge is -2.17. The summed E-state index contributed by atoms with van der Waals surface area (Å²) in [7, 11) is 0. The van der Waals surface area contributed by atoms with E-state index in [1.54, 1.807) is 0 Å². The van der Waals surface area contributed by atoms with Gasteiger partial charge in [0.1, 0.15) is 0 Å². The number of nitrogens with zero attached hydrogens (tertiary/aromatic N) is 2. The van der Waals surface area contributed by atoms with Crippen LogP contribution in [0, 0.1) is 5.41 Å². The van der Waals surface area contributed by atoms with Crippen LogP contribution >= 0.6 is 0 Å². The molecule has 7 heteroatoms. The smallest absolute Gasteiger partial charge is 0.322 e. The van der Waals surface area contributed by atoms with Gasteiger partial charge in [0.15, 0.2) is 0 Å². The molecular formula is C11H15N3O4. The van der Waals surface area contributed by atoms with Crippen LogP contribution in [0.15, 0.2) is 4.42 Å². The normalized spacial score (nSPS) is 15.4. The van der Waals surface area contributed by atoms with Gasteiger partial charge < -0.3 is 9.52 Å². The average Bonchev–Trinajstić information content (AvgIpc) is 2.99. The highest BCUT2D eigenvalue weighted by molar-refractivity contribution is 5.92. The number of amides is 1. The van der Waals surface area contributed by atoms with Crippen LogP contribution in [0.25, 0.3) is 0 Å². The number of carbonyl (C=O) groups excluding carboxylic acids is 1. The van der Waals surface area contributed by atoms with Crippen molar-refractivity contribution in [3.63, 3.8) is 0 Å². The summed E-state index contributed by atoms with van der Waals surface area (Å²) in [6.07, 6.45) is 1.91. The van der Waals surface area contributed by atoms with Crippen molar-refractivity contribution in [1.82, 2.24) is 10.2 Å². The molecule has 2 N–H and O–H groups in total. The van der Waals surface area contributed by atoms with E-state index in [0.717, 1.165) is 12.8 Å². The van der Waals surface area contributed by atoms with Gasteiger partial charge in [0.2, 0.25) is 11.8 Å². The summed E-state index contributed by atoms with van der Waals surface area (Å²) in [5.41, 5.74) is -1.12. The van der Waals surface area contributed by atoms with Crippen molar-refractivity contribution in [1.29, 1.82) is 0 Å². The van der Waals surface area contributed by atoms with E-state index in [0.29, 0.717) is 11.8 Å². The number of aromatic nitrogens is 2. The van der Waals surface area contributed by atoms with E-state index in [9.17, 15) is 9.59 Å². The van der Waals surface area contributed by atoms with Crippen LogP contribution in [0.2, 0.25) is 0 Å². The summed E-state index contributed by atoms with van der Waals surface area (Å²) in [6.45, 7) is 2.97. The highest BCUT2D eigenvalue weighted by Crippen LogP contribution is 2.39. The average molecular weight is 253 g/mol. The van der Waals surface area contributed by atoms with Gasteiger partial charge in [-0.15, -0.1) is 5.10 Å². The van der Waals surface area contributed by atoms with Crippen LogP contribution in [0.5, 0.6) is 0 Å².